The molecule has 0 saturated carbocycles. The number of fused-ring (bicyclic) bond motifs is 1. The van der Waals surface area contributed by atoms with Gasteiger partial charge in [-0.05, 0) is 24.5 Å². The minimum atomic E-state index is -0.965. The molecule has 1 unspecified atom stereocenters. The first-order valence-corrected chi connectivity index (χ1v) is 7.37. The Labute approximate surface area is 133 Å². The number of nitrogens with zero attached hydrogens (tertiary/aromatic N) is 2. The molecule has 0 aromatic carbocycles. The summed E-state index contributed by atoms with van der Waals surface area (Å²) in [6, 6.07) is 5.07. The number of carboxylic acid groups (broad SMARTS) is 1. The van der Waals surface area contributed by atoms with E-state index in [1.54, 1.807) is 18.2 Å². The zero-order chi connectivity index (χ0) is 17.0. The predicted octanol–water partition coefficient (Wildman–Crippen LogP) is 1.17. The number of carboxylic acids is 1. The van der Waals surface area contributed by atoms with E-state index in [9.17, 15) is 19.5 Å². The van der Waals surface area contributed by atoms with E-state index in [1.807, 2.05) is 13.8 Å². The van der Waals surface area contributed by atoms with Gasteiger partial charge in [-0.1, -0.05) is 19.9 Å². The van der Waals surface area contributed by atoms with Crippen LogP contribution in [-0.4, -0.2) is 32.9 Å². The molecular weight excluding hydrogens is 298 g/mol. The second kappa shape index (κ2) is 7.04. The molecule has 23 heavy (non-hydrogen) atoms. The number of hydrogen-bond donors (Lipinski definition) is 2. The topological polar surface area (TPSA) is 101 Å². The highest BCUT2D eigenvalue weighted by Gasteiger charge is 2.21. The molecule has 7 heteroatoms. The van der Waals surface area contributed by atoms with Gasteiger partial charge in [0.05, 0.1) is 5.92 Å². The van der Waals surface area contributed by atoms with Crippen LogP contribution in [0.2, 0.25) is 0 Å². The maximum Gasteiger partial charge on any atom is 0.308 e. The van der Waals surface area contributed by atoms with Crippen LogP contribution < -0.4 is 10.9 Å². The lowest BCUT2D eigenvalue weighted by molar-refractivity contribution is -0.142. The van der Waals surface area contributed by atoms with E-state index in [2.05, 4.69) is 10.3 Å². The molecule has 2 aromatic heterocycles. The average molecular weight is 317 g/mol. The van der Waals surface area contributed by atoms with E-state index < -0.39 is 23.4 Å². The van der Waals surface area contributed by atoms with Crippen LogP contribution in [0.3, 0.4) is 0 Å². The fraction of sp³-hybridized carbons (Fsp3) is 0.375. The van der Waals surface area contributed by atoms with Crippen LogP contribution in [0.4, 0.5) is 0 Å². The van der Waals surface area contributed by atoms with Gasteiger partial charge in [0.1, 0.15) is 11.2 Å². The van der Waals surface area contributed by atoms with E-state index >= 15 is 0 Å². The molecule has 0 aliphatic rings. The molecule has 2 rings (SSSR count). The molecule has 1 atom stereocenters. The lowest BCUT2D eigenvalue weighted by Gasteiger charge is -2.15. The van der Waals surface area contributed by atoms with Crippen LogP contribution in [-0.2, 0) is 4.79 Å². The number of rotatable bonds is 6. The van der Waals surface area contributed by atoms with Crippen molar-refractivity contribution in [2.75, 3.05) is 6.54 Å². The molecule has 122 valence electrons. The summed E-state index contributed by atoms with van der Waals surface area (Å²) in [4.78, 5) is 39.7. The largest absolute Gasteiger partial charge is 0.481 e. The standard InChI is InChI=1S/C16H19N3O4/c1-10(2)7-11(16(22)23)8-18-14(20)12-9-17-13-5-3-4-6-19(13)15(12)21/h3-6,9-11H,7-8H2,1-2H3,(H,18,20)(H,22,23). The number of carbonyl (C=O) groups is 2. The summed E-state index contributed by atoms with van der Waals surface area (Å²) in [6.45, 7) is 3.80. The van der Waals surface area contributed by atoms with Gasteiger partial charge in [0.2, 0.25) is 0 Å². The SMILES string of the molecule is CC(C)CC(CNC(=O)c1cnc2ccccn2c1=O)C(=O)O. The van der Waals surface area contributed by atoms with Gasteiger partial charge in [-0.15, -0.1) is 0 Å². The number of carbonyl (C=O) groups excluding carboxylic acids is 1. The number of hydrogen-bond acceptors (Lipinski definition) is 4. The summed E-state index contributed by atoms with van der Waals surface area (Å²) in [5.74, 6) is -2.07. The number of aliphatic carboxylic acids is 1. The fourth-order valence-electron chi connectivity index (χ4n) is 2.33. The molecule has 0 radical (unpaired) electrons. The third-order valence-corrected chi connectivity index (χ3v) is 3.47. The highest BCUT2D eigenvalue weighted by Crippen LogP contribution is 2.11. The van der Waals surface area contributed by atoms with Crippen molar-refractivity contribution in [1.82, 2.24) is 14.7 Å². The van der Waals surface area contributed by atoms with Crippen LogP contribution in [0, 0.1) is 11.8 Å². The van der Waals surface area contributed by atoms with Gasteiger partial charge in [-0.3, -0.25) is 18.8 Å². The van der Waals surface area contributed by atoms with Crippen molar-refractivity contribution >= 4 is 17.5 Å². The van der Waals surface area contributed by atoms with Crippen LogP contribution in [0.15, 0.2) is 35.4 Å². The number of aromatic nitrogens is 2. The van der Waals surface area contributed by atoms with Gasteiger partial charge in [-0.25, -0.2) is 4.98 Å². The molecule has 0 aliphatic carbocycles. The predicted molar refractivity (Wildman–Crippen MR) is 84.4 cm³/mol. The molecule has 7 nitrogen and oxygen atoms in total. The maximum atomic E-state index is 12.3. The van der Waals surface area contributed by atoms with Gasteiger partial charge in [0.25, 0.3) is 11.5 Å². The minimum absolute atomic E-state index is 0.0245. The van der Waals surface area contributed by atoms with Crippen LogP contribution in [0.1, 0.15) is 30.6 Å². The van der Waals surface area contributed by atoms with Gasteiger partial charge < -0.3 is 10.4 Å². The van der Waals surface area contributed by atoms with Crippen LogP contribution in [0.25, 0.3) is 5.65 Å². The molecule has 0 saturated heterocycles. The maximum absolute atomic E-state index is 12.3. The third kappa shape index (κ3) is 3.94. The van der Waals surface area contributed by atoms with Gasteiger partial charge in [0, 0.05) is 18.9 Å². The lowest BCUT2D eigenvalue weighted by atomic mass is 9.97. The molecule has 0 spiro atoms. The van der Waals surface area contributed by atoms with E-state index in [0.29, 0.717) is 12.1 Å². The Kier molecular flexibility index (Phi) is 5.10. The van der Waals surface area contributed by atoms with Crippen LogP contribution >= 0.6 is 0 Å². The van der Waals surface area contributed by atoms with E-state index in [4.69, 9.17) is 0 Å². The minimum Gasteiger partial charge on any atom is -0.481 e. The number of pyridine rings is 1. The molecule has 2 N–H and O–H groups in total. The molecule has 0 aliphatic heterocycles. The fourth-order valence-corrected chi connectivity index (χ4v) is 2.33. The van der Waals surface area contributed by atoms with E-state index in [0.717, 1.165) is 0 Å². The average Bonchev–Trinajstić information content (AvgIpc) is 2.51. The first-order chi connectivity index (χ1) is 10.9. The summed E-state index contributed by atoms with van der Waals surface area (Å²) in [5, 5.41) is 11.7. The Morgan fingerprint density at radius 2 is 2.09 bits per heavy atom. The Morgan fingerprint density at radius 3 is 2.74 bits per heavy atom. The summed E-state index contributed by atoms with van der Waals surface area (Å²) in [5.41, 5.74) is -0.150. The second-order valence-corrected chi connectivity index (χ2v) is 5.78. The molecule has 2 heterocycles. The molecular formula is C16H19N3O4. The van der Waals surface area contributed by atoms with Crippen molar-refractivity contribution in [2.24, 2.45) is 11.8 Å². The summed E-state index contributed by atoms with van der Waals surface area (Å²) in [6.07, 6.45) is 3.19. The van der Waals surface area contributed by atoms with Gasteiger partial charge in [-0.2, -0.15) is 0 Å². The van der Waals surface area contributed by atoms with Crippen molar-refractivity contribution in [3.63, 3.8) is 0 Å². The quantitative estimate of drug-likeness (QED) is 0.833. The van der Waals surface area contributed by atoms with Crippen molar-refractivity contribution in [1.29, 1.82) is 0 Å². The summed E-state index contributed by atoms with van der Waals surface area (Å²) in [7, 11) is 0. The molecule has 1 amide bonds. The van der Waals surface area contributed by atoms with E-state index in [1.165, 1.54) is 16.8 Å². The molecule has 2 aromatic rings. The number of amides is 1. The second-order valence-electron chi connectivity index (χ2n) is 5.78. The number of nitrogens with one attached hydrogen (secondary N) is 1. The first kappa shape index (κ1) is 16.7. The van der Waals surface area contributed by atoms with Gasteiger partial charge in [0.15, 0.2) is 0 Å². The van der Waals surface area contributed by atoms with Crippen molar-refractivity contribution in [3.8, 4) is 0 Å². The summed E-state index contributed by atoms with van der Waals surface area (Å²) < 4.78 is 1.28. The van der Waals surface area contributed by atoms with E-state index in [-0.39, 0.29) is 18.0 Å². The zero-order valence-corrected chi connectivity index (χ0v) is 13.0. The highest BCUT2D eigenvalue weighted by molar-refractivity contribution is 5.93. The smallest absolute Gasteiger partial charge is 0.308 e. The Balaban J connectivity index is 2.16. The first-order valence-electron chi connectivity index (χ1n) is 7.37. The van der Waals surface area contributed by atoms with Crippen molar-refractivity contribution in [3.05, 3.63) is 46.5 Å². The third-order valence-electron chi connectivity index (χ3n) is 3.47. The normalized spacial score (nSPS) is 12.3. The van der Waals surface area contributed by atoms with Crippen molar-refractivity contribution < 1.29 is 14.7 Å². The highest BCUT2D eigenvalue weighted by atomic mass is 16.4. The van der Waals surface area contributed by atoms with Crippen molar-refractivity contribution in [2.45, 2.75) is 20.3 Å². The summed E-state index contributed by atoms with van der Waals surface area (Å²) >= 11 is 0. The zero-order valence-electron chi connectivity index (χ0n) is 13.0. The molecule has 0 fully saturated rings. The monoisotopic (exact) mass is 317 g/mol. The Hall–Kier alpha value is -2.70. The Morgan fingerprint density at radius 1 is 1.35 bits per heavy atom. The Bertz CT molecular complexity index is 782. The molecule has 0 bridgehead atoms. The lowest BCUT2D eigenvalue weighted by Crippen LogP contribution is -2.37. The van der Waals surface area contributed by atoms with Gasteiger partial charge >= 0.3 is 5.97 Å². The van der Waals surface area contributed by atoms with Crippen LogP contribution in [0.5, 0.6) is 0 Å².